The van der Waals surface area contributed by atoms with Gasteiger partial charge in [-0.05, 0) is 0 Å². The second-order valence-corrected chi connectivity index (χ2v) is 25.8. The van der Waals surface area contributed by atoms with Crippen molar-refractivity contribution in [1.29, 1.82) is 0 Å². The van der Waals surface area contributed by atoms with Gasteiger partial charge < -0.3 is 7.43 Å². The monoisotopic (exact) mass is 339 g/mol. The summed E-state index contributed by atoms with van der Waals surface area (Å²) in [5.41, 5.74) is 0. The molecule has 0 radical (unpaired) electrons. The first kappa shape index (κ1) is 10.8. The number of rotatable bonds is 0. The third kappa shape index (κ3) is 40.2. The van der Waals surface area contributed by atoms with Crippen molar-refractivity contribution in [2.24, 2.45) is 0 Å². The van der Waals surface area contributed by atoms with E-state index in [2.05, 4.69) is 0 Å². The zero-order valence-corrected chi connectivity index (χ0v) is 8.88. The minimum atomic E-state index is -3.28. The predicted molar refractivity (Wildman–Crippen MR) is 29.8 cm³/mol. The van der Waals surface area contributed by atoms with E-state index in [9.17, 15) is 0 Å². The van der Waals surface area contributed by atoms with Gasteiger partial charge in [0.15, 0.2) is 0 Å². The third-order valence-corrected chi connectivity index (χ3v) is 0. The van der Waals surface area contributed by atoms with E-state index in [1.54, 1.807) is 0 Å². The summed E-state index contributed by atoms with van der Waals surface area (Å²) in [7, 11) is 20.1. The molecule has 0 fully saturated rings. The van der Waals surface area contributed by atoms with Gasteiger partial charge >= 0.3 is 49.6 Å². The molecule has 0 aromatic carbocycles. The Hall–Kier alpha value is 1.85. The Bertz CT molecular complexity index is 23.0. The average molecular weight is 341 g/mol. The maximum atomic E-state index is 5.03. The van der Waals surface area contributed by atoms with Crippen molar-refractivity contribution in [3.63, 3.8) is 0 Å². The molecule has 0 saturated heterocycles. The van der Waals surface area contributed by atoms with Crippen LogP contribution in [-0.4, -0.2) is 0 Å². The summed E-state index contributed by atoms with van der Waals surface area (Å²) in [6.45, 7) is 0. The van der Waals surface area contributed by atoms with Crippen LogP contribution in [0.1, 0.15) is 0 Å². The van der Waals surface area contributed by atoms with Crippen molar-refractivity contribution in [1.82, 2.24) is 0 Å². The molecule has 0 aliphatic carbocycles. The van der Waals surface area contributed by atoms with Crippen LogP contribution in [0.3, 0.4) is 0 Å². The molecule has 0 unspecified atom stereocenters. The molecule has 0 aliphatic rings. The normalized spacial score (nSPS) is 12.7. The van der Waals surface area contributed by atoms with Crippen LogP contribution in [0.5, 0.6) is 0 Å². The average Bonchev–Trinajstić information content (AvgIpc) is 0.722. The minimum absolute atomic E-state index is 0. The summed E-state index contributed by atoms with van der Waals surface area (Å²) >= 11 is -3.28. The van der Waals surface area contributed by atoms with E-state index in [1.165, 1.54) is 0 Å². The van der Waals surface area contributed by atoms with E-state index in [0.717, 1.165) is 0 Å². The van der Waals surface area contributed by atoms with Crippen molar-refractivity contribution < 1.29 is 11.9 Å². The number of hydrogen-bond donors (Lipinski definition) is 0. The van der Waals surface area contributed by atoms with Crippen molar-refractivity contribution in [3.05, 3.63) is 7.43 Å². The Morgan fingerprint density at radius 2 is 0.833 bits per heavy atom. The van der Waals surface area contributed by atoms with Crippen molar-refractivity contribution >= 4 is 37.7 Å². The topological polar surface area (TPSA) is 0 Å². The molecule has 0 rings (SSSR count). The summed E-state index contributed by atoms with van der Waals surface area (Å²) in [6.07, 6.45) is 0. The van der Waals surface area contributed by atoms with E-state index >= 15 is 0 Å². The standard InChI is InChI=1S/CH3.4ClH.W/h1H3;4*1H;/q-1;;;;;+4/p-4. The van der Waals surface area contributed by atoms with Crippen LogP contribution in [0.15, 0.2) is 0 Å². The van der Waals surface area contributed by atoms with Crippen LogP contribution in [0.25, 0.3) is 0 Å². The van der Waals surface area contributed by atoms with Gasteiger partial charge in [-0.1, -0.05) is 0 Å². The summed E-state index contributed by atoms with van der Waals surface area (Å²) in [5, 5.41) is 0. The Morgan fingerprint density at radius 1 is 0.833 bits per heavy atom. The van der Waals surface area contributed by atoms with Crippen LogP contribution >= 0.6 is 37.7 Å². The fraction of sp³-hybridized carbons (Fsp3) is 0. The molecule has 0 heterocycles. The Balaban J connectivity index is 0. The SMILES string of the molecule is [CH3-].[Cl][W]([Cl])([Cl])[Cl]. The van der Waals surface area contributed by atoms with Crippen molar-refractivity contribution in [2.75, 3.05) is 0 Å². The molecule has 0 amide bonds. The molecule has 6 heavy (non-hydrogen) atoms. The van der Waals surface area contributed by atoms with E-state index in [0.29, 0.717) is 0 Å². The summed E-state index contributed by atoms with van der Waals surface area (Å²) in [5.74, 6) is 0. The first-order chi connectivity index (χ1) is 2.00. The molecule has 0 aromatic heterocycles. The molecule has 5 heteroatoms. The van der Waals surface area contributed by atoms with E-state index in [-0.39, 0.29) is 7.43 Å². The van der Waals surface area contributed by atoms with Gasteiger partial charge in [-0.2, -0.15) is 0 Å². The predicted octanol–water partition coefficient (Wildman–Crippen LogP) is 3.21. The van der Waals surface area contributed by atoms with E-state index < -0.39 is 11.9 Å². The summed E-state index contributed by atoms with van der Waals surface area (Å²) in [6, 6.07) is 0. The van der Waals surface area contributed by atoms with Crippen LogP contribution < -0.4 is 0 Å². The molecular formula is CH3Cl4W-. The molecule has 0 spiro atoms. The van der Waals surface area contributed by atoms with Crippen molar-refractivity contribution in [3.8, 4) is 0 Å². The van der Waals surface area contributed by atoms with Crippen LogP contribution in [0, 0.1) is 7.43 Å². The Kier molecular flexibility index (Phi) is 6.82. The summed E-state index contributed by atoms with van der Waals surface area (Å²) < 4.78 is 0. The van der Waals surface area contributed by atoms with Crippen LogP contribution in [-0.2, 0) is 11.9 Å². The Morgan fingerprint density at radius 3 is 0.833 bits per heavy atom. The van der Waals surface area contributed by atoms with E-state index in [1.807, 2.05) is 0 Å². The second-order valence-electron chi connectivity index (χ2n) is 0.350. The van der Waals surface area contributed by atoms with Gasteiger partial charge in [-0.25, -0.2) is 0 Å². The van der Waals surface area contributed by atoms with Gasteiger partial charge in [-0.15, -0.1) is 0 Å². The molecule has 42 valence electrons. The van der Waals surface area contributed by atoms with Gasteiger partial charge in [0.1, 0.15) is 0 Å². The molecule has 0 aliphatic heterocycles. The van der Waals surface area contributed by atoms with E-state index in [4.69, 9.17) is 37.7 Å². The first-order valence-corrected chi connectivity index (χ1v) is 15.2. The molecule has 0 N–H and O–H groups in total. The molecule has 0 bridgehead atoms. The van der Waals surface area contributed by atoms with Crippen LogP contribution in [0.4, 0.5) is 0 Å². The van der Waals surface area contributed by atoms with Crippen LogP contribution in [0.2, 0.25) is 0 Å². The van der Waals surface area contributed by atoms with Gasteiger partial charge in [0.05, 0.1) is 0 Å². The number of hydrogen-bond acceptors (Lipinski definition) is 0. The first-order valence-electron chi connectivity index (χ1n) is 0.617. The molecule has 0 atom stereocenters. The van der Waals surface area contributed by atoms with Crippen molar-refractivity contribution in [2.45, 2.75) is 0 Å². The summed E-state index contributed by atoms with van der Waals surface area (Å²) in [4.78, 5) is 0. The van der Waals surface area contributed by atoms with Gasteiger partial charge in [0.2, 0.25) is 0 Å². The molecule has 0 aromatic rings. The Labute approximate surface area is 56.6 Å². The molecular weight excluding hydrogens is 338 g/mol. The quantitative estimate of drug-likeness (QED) is 0.594. The number of halogens is 4. The fourth-order valence-electron chi connectivity index (χ4n) is 0. The fourth-order valence-corrected chi connectivity index (χ4v) is 0. The molecule has 0 nitrogen and oxygen atoms in total. The van der Waals surface area contributed by atoms with Gasteiger partial charge in [0, 0.05) is 0 Å². The van der Waals surface area contributed by atoms with Gasteiger partial charge in [-0.3, -0.25) is 0 Å². The zero-order chi connectivity index (χ0) is 4.50. The maximum absolute atomic E-state index is 5.03. The third-order valence-electron chi connectivity index (χ3n) is 0. The molecule has 0 saturated carbocycles. The van der Waals surface area contributed by atoms with Gasteiger partial charge in [0.25, 0.3) is 0 Å². The zero-order valence-electron chi connectivity index (χ0n) is 2.92. The second kappa shape index (κ2) is 3.80.